The van der Waals surface area contributed by atoms with Crippen LogP contribution in [0, 0.1) is 0 Å². The van der Waals surface area contributed by atoms with E-state index in [2.05, 4.69) is 24.1 Å². The minimum Gasteiger partial charge on any atom is -0.486 e. The van der Waals surface area contributed by atoms with Crippen LogP contribution in [0.4, 0.5) is 0 Å². The molecule has 0 bridgehead atoms. The van der Waals surface area contributed by atoms with Gasteiger partial charge in [-0.05, 0) is 26.0 Å². The lowest BCUT2D eigenvalue weighted by atomic mass is 10.1. The van der Waals surface area contributed by atoms with Gasteiger partial charge in [0.15, 0.2) is 11.5 Å². The Bertz CT molecular complexity index is 768. The van der Waals surface area contributed by atoms with Gasteiger partial charge in [-0.2, -0.15) is 0 Å². The third-order valence-electron chi connectivity index (χ3n) is 4.89. The molecule has 2 heterocycles. The number of hydrogen-bond acceptors (Lipinski definition) is 3. The van der Waals surface area contributed by atoms with E-state index < -0.39 is 0 Å². The van der Waals surface area contributed by atoms with E-state index >= 15 is 0 Å². The monoisotopic (exact) mass is 347 g/mol. The molecule has 2 aromatic rings. The SMILES string of the molecule is CC[NH+](CC)CCC[NH2+]Cc1cc2cc3c(cc2[nH]c1=O)OCCO3. The van der Waals surface area contributed by atoms with Gasteiger partial charge in [0.2, 0.25) is 0 Å². The van der Waals surface area contributed by atoms with E-state index in [0.29, 0.717) is 25.5 Å². The maximum absolute atomic E-state index is 12.3. The Morgan fingerprint density at radius 2 is 1.84 bits per heavy atom. The van der Waals surface area contributed by atoms with Crippen molar-refractivity contribution in [1.29, 1.82) is 0 Å². The molecule has 1 aliphatic rings. The molecule has 4 N–H and O–H groups in total. The first-order valence-corrected chi connectivity index (χ1v) is 9.32. The predicted molar refractivity (Wildman–Crippen MR) is 97.6 cm³/mol. The highest BCUT2D eigenvalue weighted by Crippen LogP contribution is 2.33. The predicted octanol–water partition coefficient (Wildman–Crippen LogP) is -0.322. The van der Waals surface area contributed by atoms with E-state index in [4.69, 9.17) is 9.47 Å². The Hall–Kier alpha value is -2.05. The lowest BCUT2D eigenvalue weighted by molar-refractivity contribution is -0.898. The maximum atomic E-state index is 12.3. The van der Waals surface area contributed by atoms with E-state index in [-0.39, 0.29) is 5.56 Å². The van der Waals surface area contributed by atoms with Crippen LogP contribution in [0.1, 0.15) is 25.8 Å². The molecule has 0 atom stereocenters. The average molecular weight is 347 g/mol. The van der Waals surface area contributed by atoms with Crippen molar-refractivity contribution in [3.05, 3.63) is 34.1 Å². The molecule has 0 aliphatic carbocycles. The van der Waals surface area contributed by atoms with Crippen LogP contribution in [-0.4, -0.2) is 44.4 Å². The van der Waals surface area contributed by atoms with Gasteiger partial charge in [0.05, 0.1) is 37.3 Å². The fourth-order valence-electron chi connectivity index (χ4n) is 3.30. The normalized spacial score (nSPS) is 13.6. The minimum atomic E-state index is -0.0187. The number of aromatic amines is 1. The van der Waals surface area contributed by atoms with Crippen molar-refractivity contribution in [3.8, 4) is 11.5 Å². The van der Waals surface area contributed by atoms with Gasteiger partial charge in [-0.15, -0.1) is 0 Å². The Balaban J connectivity index is 1.63. The van der Waals surface area contributed by atoms with Crippen LogP contribution in [0.2, 0.25) is 0 Å². The zero-order valence-electron chi connectivity index (χ0n) is 15.2. The highest BCUT2D eigenvalue weighted by Gasteiger charge is 2.14. The number of pyridine rings is 1. The van der Waals surface area contributed by atoms with Crippen LogP contribution < -0.4 is 25.2 Å². The quantitative estimate of drug-likeness (QED) is 0.573. The number of ether oxygens (including phenoxy) is 2. The molecule has 1 aliphatic heterocycles. The number of hydrogen-bond donors (Lipinski definition) is 3. The van der Waals surface area contributed by atoms with Crippen LogP contribution >= 0.6 is 0 Å². The summed E-state index contributed by atoms with van der Waals surface area (Å²) in [5.74, 6) is 1.45. The Morgan fingerprint density at radius 3 is 2.56 bits per heavy atom. The molecular formula is C19H29N3O3+2. The summed E-state index contributed by atoms with van der Waals surface area (Å²) in [5, 5.41) is 3.21. The highest BCUT2D eigenvalue weighted by molar-refractivity contribution is 5.83. The summed E-state index contributed by atoms with van der Waals surface area (Å²) in [5.41, 5.74) is 1.58. The summed E-state index contributed by atoms with van der Waals surface area (Å²) in [6, 6.07) is 5.77. The second-order valence-electron chi connectivity index (χ2n) is 6.55. The van der Waals surface area contributed by atoms with Crippen molar-refractivity contribution in [2.45, 2.75) is 26.8 Å². The molecule has 25 heavy (non-hydrogen) atoms. The molecule has 1 aromatic carbocycles. The molecular weight excluding hydrogens is 318 g/mol. The van der Waals surface area contributed by atoms with E-state index in [1.807, 2.05) is 18.2 Å². The molecule has 0 fully saturated rings. The summed E-state index contributed by atoms with van der Waals surface area (Å²) in [6.07, 6.45) is 1.17. The molecule has 0 unspecified atom stereocenters. The zero-order valence-corrected chi connectivity index (χ0v) is 15.2. The standard InChI is InChI=1S/C19H27N3O3/c1-3-22(4-2)7-5-6-20-13-15-10-14-11-17-18(25-9-8-24-17)12-16(14)21-19(15)23/h10-12,20H,3-9,13H2,1-2H3,(H,21,23)/p+2. The molecule has 6 heteroatoms. The highest BCUT2D eigenvalue weighted by atomic mass is 16.6. The summed E-state index contributed by atoms with van der Waals surface area (Å²) in [4.78, 5) is 16.9. The molecule has 0 saturated heterocycles. The molecule has 3 rings (SSSR count). The number of aromatic nitrogens is 1. The lowest BCUT2D eigenvalue weighted by Crippen LogP contribution is -3.11. The summed E-state index contributed by atoms with van der Waals surface area (Å²) in [6.45, 7) is 10.9. The number of rotatable bonds is 8. The summed E-state index contributed by atoms with van der Waals surface area (Å²) < 4.78 is 11.2. The van der Waals surface area contributed by atoms with Crippen LogP contribution in [0.15, 0.2) is 23.0 Å². The van der Waals surface area contributed by atoms with Gasteiger partial charge < -0.3 is 24.7 Å². The molecule has 0 radical (unpaired) electrons. The van der Waals surface area contributed by atoms with Gasteiger partial charge in [-0.25, -0.2) is 0 Å². The summed E-state index contributed by atoms with van der Waals surface area (Å²) in [7, 11) is 0. The smallest absolute Gasteiger partial charge is 0.257 e. The first-order chi connectivity index (χ1) is 12.2. The zero-order chi connectivity index (χ0) is 17.6. The minimum absolute atomic E-state index is 0.0187. The number of nitrogens with one attached hydrogen (secondary N) is 2. The van der Waals surface area contributed by atoms with E-state index in [1.165, 1.54) is 26.1 Å². The third kappa shape index (κ3) is 4.32. The number of fused-ring (bicyclic) bond motifs is 2. The van der Waals surface area contributed by atoms with Gasteiger partial charge in [0, 0.05) is 17.9 Å². The summed E-state index contributed by atoms with van der Waals surface area (Å²) >= 11 is 0. The van der Waals surface area contributed by atoms with Crippen molar-refractivity contribution in [2.24, 2.45) is 0 Å². The first-order valence-electron chi connectivity index (χ1n) is 9.32. The van der Waals surface area contributed by atoms with Gasteiger partial charge in [-0.3, -0.25) is 4.79 Å². The Morgan fingerprint density at radius 1 is 1.12 bits per heavy atom. The van der Waals surface area contributed by atoms with Crippen LogP contribution in [0.3, 0.4) is 0 Å². The van der Waals surface area contributed by atoms with Gasteiger partial charge in [-0.1, -0.05) is 0 Å². The molecule has 6 nitrogen and oxygen atoms in total. The van der Waals surface area contributed by atoms with E-state index in [1.54, 1.807) is 4.90 Å². The van der Waals surface area contributed by atoms with Crippen LogP contribution in [-0.2, 0) is 6.54 Å². The second-order valence-corrected chi connectivity index (χ2v) is 6.55. The van der Waals surface area contributed by atoms with Crippen molar-refractivity contribution in [2.75, 3.05) is 39.4 Å². The van der Waals surface area contributed by atoms with Crippen LogP contribution in [0.5, 0.6) is 11.5 Å². The Kier molecular flexibility index (Phi) is 5.94. The average Bonchev–Trinajstić information content (AvgIpc) is 2.63. The fourth-order valence-corrected chi connectivity index (χ4v) is 3.30. The number of quaternary nitrogens is 2. The van der Waals surface area contributed by atoms with Crippen molar-refractivity contribution in [1.82, 2.24) is 4.98 Å². The van der Waals surface area contributed by atoms with Gasteiger partial charge in [0.1, 0.15) is 19.8 Å². The van der Waals surface area contributed by atoms with Crippen molar-refractivity contribution < 1.29 is 19.7 Å². The van der Waals surface area contributed by atoms with Crippen LogP contribution in [0.25, 0.3) is 10.9 Å². The van der Waals surface area contributed by atoms with Gasteiger partial charge >= 0.3 is 0 Å². The molecule has 0 spiro atoms. The number of H-pyrrole nitrogens is 1. The molecule has 0 saturated carbocycles. The maximum Gasteiger partial charge on any atom is 0.257 e. The first kappa shape index (κ1) is 17.8. The van der Waals surface area contributed by atoms with Crippen molar-refractivity contribution >= 4 is 10.9 Å². The molecule has 0 amide bonds. The number of benzene rings is 1. The largest absolute Gasteiger partial charge is 0.486 e. The third-order valence-corrected chi connectivity index (χ3v) is 4.89. The fraction of sp³-hybridized carbons (Fsp3) is 0.526. The lowest BCUT2D eigenvalue weighted by Gasteiger charge is -2.18. The second kappa shape index (κ2) is 8.36. The van der Waals surface area contributed by atoms with Crippen molar-refractivity contribution in [3.63, 3.8) is 0 Å². The number of nitrogens with two attached hydrogens (primary N) is 1. The topological polar surface area (TPSA) is 72.4 Å². The van der Waals surface area contributed by atoms with E-state index in [9.17, 15) is 4.79 Å². The molecule has 1 aromatic heterocycles. The Labute approximate surface area is 148 Å². The van der Waals surface area contributed by atoms with Gasteiger partial charge in [0.25, 0.3) is 5.56 Å². The molecule has 136 valence electrons. The van der Waals surface area contributed by atoms with E-state index in [0.717, 1.165) is 28.8 Å².